The zero-order valence-electron chi connectivity index (χ0n) is 15.2. The Labute approximate surface area is 167 Å². The molecule has 3 heterocycles. The summed E-state index contributed by atoms with van der Waals surface area (Å²) in [4.78, 5) is 27.0. The van der Waals surface area contributed by atoms with Gasteiger partial charge in [-0.3, -0.25) is 9.59 Å². The molecular formula is C18H14ClF2N3O5. The number of fused-ring (bicyclic) bond motifs is 2. The van der Waals surface area contributed by atoms with E-state index in [4.69, 9.17) is 16.0 Å². The first-order valence-corrected chi connectivity index (χ1v) is 8.96. The predicted molar refractivity (Wildman–Crippen MR) is 98.7 cm³/mol. The van der Waals surface area contributed by atoms with Crippen molar-refractivity contribution in [3.8, 4) is 11.5 Å². The van der Waals surface area contributed by atoms with Gasteiger partial charge in [0.1, 0.15) is 6.04 Å². The lowest BCUT2D eigenvalue weighted by Crippen LogP contribution is -2.40. The Kier molecular flexibility index (Phi) is 4.45. The number of aromatic nitrogens is 2. The van der Waals surface area contributed by atoms with E-state index >= 15 is 0 Å². The fourth-order valence-corrected chi connectivity index (χ4v) is 3.34. The molecule has 29 heavy (non-hydrogen) atoms. The number of nitrogens with zero attached hydrogens (tertiary/aromatic N) is 3. The number of anilines is 1. The summed E-state index contributed by atoms with van der Waals surface area (Å²) >= 11 is 6.05. The normalized spacial score (nSPS) is 15.5. The van der Waals surface area contributed by atoms with Gasteiger partial charge in [0.2, 0.25) is 0 Å². The summed E-state index contributed by atoms with van der Waals surface area (Å²) in [5.74, 6) is -0.818. The number of likely N-dealkylation sites (N-methyl/N-ethyl adjacent to an activating group) is 1. The van der Waals surface area contributed by atoms with Gasteiger partial charge in [-0.2, -0.15) is 5.10 Å². The number of carbonyl (C=O) groups is 1. The Morgan fingerprint density at radius 2 is 2.03 bits per heavy atom. The average molecular weight is 426 g/mol. The smallest absolute Gasteiger partial charge is 0.461 e. The van der Waals surface area contributed by atoms with Gasteiger partial charge in [0.25, 0.3) is 11.5 Å². The van der Waals surface area contributed by atoms with Gasteiger partial charge in [-0.05, 0) is 32.0 Å². The molecule has 2 aromatic heterocycles. The lowest BCUT2D eigenvalue weighted by atomic mass is 10.2. The quantitative estimate of drug-likeness (QED) is 0.635. The van der Waals surface area contributed by atoms with Crippen molar-refractivity contribution in [1.82, 2.24) is 9.78 Å². The van der Waals surface area contributed by atoms with Crippen molar-refractivity contribution in [2.75, 3.05) is 11.4 Å². The molecule has 1 aromatic carbocycles. The Morgan fingerprint density at radius 3 is 2.76 bits per heavy atom. The molecule has 0 radical (unpaired) electrons. The second kappa shape index (κ2) is 6.73. The summed E-state index contributed by atoms with van der Waals surface area (Å²) in [6.45, 7) is 3.39. The molecule has 1 amide bonds. The summed E-state index contributed by atoms with van der Waals surface area (Å²) in [7, 11) is 0. The zero-order valence-corrected chi connectivity index (χ0v) is 15.9. The van der Waals surface area contributed by atoms with E-state index in [0.29, 0.717) is 5.69 Å². The van der Waals surface area contributed by atoms with Gasteiger partial charge in [0.05, 0.1) is 11.6 Å². The van der Waals surface area contributed by atoms with E-state index < -0.39 is 23.8 Å². The van der Waals surface area contributed by atoms with Crippen molar-refractivity contribution in [3.63, 3.8) is 0 Å². The van der Waals surface area contributed by atoms with Crippen LogP contribution in [-0.2, 0) is 4.79 Å². The van der Waals surface area contributed by atoms with E-state index in [0.717, 1.165) is 4.68 Å². The first-order valence-electron chi connectivity index (χ1n) is 8.58. The van der Waals surface area contributed by atoms with Crippen LogP contribution in [0, 0.1) is 0 Å². The minimum Gasteiger partial charge on any atom is -0.461 e. The number of carbonyl (C=O) groups excluding carboxylic acids is 1. The van der Waals surface area contributed by atoms with Crippen LogP contribution in [0.25, 0.3) is 11.0 Å². The van der Waals surface area contributed by atoms with Crippen LogP contribution in [0.15, 0.2) is 39.7 Å². The molecule has 8 nitrogen and oxygen atoms in total. The van der Waals surface area contributed by atoms with E-state index in [-0.39, 0.29) is 34.2 Å². The van der Waals surface area contributed by atoms with Gasteiger partial charge >= 0.3 is 6.29 Å². The maximum atomic E-state index is 13.3. The molecule has 1 unspecified atom stereocenters. The number of hydrogen-bond donors (Lipinski definition) is 0. The molecule has 152 valence electrons. The molecule has 0 N–H and O–H groups in total. The number of ether oxygens (including phenoxy) is 2. The second-order valence-corrected chi connectivity index (χ2v) is 6.62. The van der Waals surface area contributed by atoms with Gasteiger partial charge in [-0.25, -0.2) is 4.68 Å². The Balaban J connectivity index is 1.68. The molecule has 0 fully saturated rings. The molecule has 1 aliphatic heterocycles. The monoisotopic (exact) mass is 425 g/mol. The topological polar surface area (TPSA) is 86.8 Å². The highest BCUT2D eigenvalue weighted by molar-refractivity contribution is 6.33. The Morgan fingerprint density at radius 1 is 1.31 bits per heavy atom. The molecule has 11 heteroatoms. The Bertz CT molecular complexity index is 1180. The van der Waals surface area contributed by atoms with Crippen molar-refractivity contribution < 1.29 is 27.5 Å². The Hall–Kier alpha value is -3.14. The molecule has 0 saturated heterocycles. The number of furan rings is 1. The van der Waals surface area contributed by atoms with Gasteiger partial charge in [-0.1, -0.05) is 11.6 Å². The average Bonchev–Trinajstić information content (AvgIpc) is 3.27. The van der Waals surface area contributed by atoms with Crippen molar-refractivity contribution in [1.29, 1.82) is 0 Å². The second-order valence-electron chi connectivity index (χ2n) is 6.26. The SMILES string of the molecule is CCN(C(=O)C(C)n1nc(Cl)c2occc2c1=O)c1ccc2c(c1)OC(F)(F)O2. The third kappa shape index (κ3) is 3.19. The molecule has 4 rings (SSSR count). The maximum Gasteiger partial charge on any atom is 0.586 e. The lowest BCUT2D eigenvalue weighted by molar-refractivity contribution is -0.286. The summed E-state index contributed by atoms with van der Waals surface area (Å²) in [6.07, 6.45) is -2.46. The van der Waals surface area contributed by atoms with Crippen LogP contribution in [0.3, 0.4) is 0 Å². The highest BCUT2D eigenvalue weighted by Crippen LogP contribution is 2.43. The van der Waals surface area contributed by atoms with Crippen LogP contribution in [0.5, 0.6) is 11.5 Å². The first-order chi connectivity index (χ1) is 13.7. The minimum absolute atomic E-state index is 0.0578. The van der Waals surface area contributed by atoms with Crippen LogP contribution >= 0.6 is 11.6 Å². The summed E-state index contributed by atoms with van der Waals surface area (Å²) < 4.78 is 41.4. The first kappa shape index (κ1) is 19.2. The number of halogens is 3. The standard InChI is InChI=1S/C18H14ClF2N3O5/c1-3-23(10-4-5-12-13(8-10)29-18(20,21)28-12)16(25)9(2)24-17(26)11-6-7-27-14(11)15(19)22-24/h4-9H,3H2,1-2H3. The van der Waals surface area contributed by atoms with Gasteiger partial charge in [-0.15, -0.1) is 8.78 Å². The third-order valence-corrected chi connectivity index (χ3v) is 4.74. The summed E-state index contributed by atoms with van der Waals surface area (Å²) in [5.41, 5.74) is -0.107. The largest absolute Gasteiger partial charge is 0.586 e. The van der Waals surface area contributed by atoms with Gasteiger partial charge in [0, 0.05) is 18.3 Å². The molecular weight excluding hydrogens is 412 g/mol. The molecule has 1 aliphatic rings. The van der Waals surface area contributed by atoms with E-state index in [2.05, 4.69) is 14.6 Å². The lowest BCUT2D eigenvalue weighted by Gasteiger charge is -2.25. The van der Waals surface area contributed by atoms with Crippen molar-refractivity contribution in [2.24, 2.45) is 0 Å². The minimum atomic E-state index is -3.76. The third-order valence-electron chi connectivity index (χ3n) is 4.49. The van der Waals surface area contributed by atoms with Crippen LogP contribution in [0.1, 0.15) is 19.9 Å². The number of benzene rings is 1. The molecule has 0 aliphatic carbocycles. The van der Waals surface area contributed by atoms with E-state index in [9.17, 15) is 18.4 Å². The van der Waals surface area contributed by atoms with Crippen molar-refractivity contribution >= 4 is 34.2 Å². The highest BCUT2D eigenvalue weighted by Gasteiger charge is 2.43. The summed E-state index contributed by atoms with van der Waals surface area (Å²) in [5, 5.41) is 4.10. The molecule has 0 spiro atoms. The number of rotatable bonds is 4. The van der Waals surface area contributed by atoms with Crippen LogP contribution in [-0.4, -0.2) is 28.5 Å². The van der Waals surface area contributed by atoms with E-state index in [1.165, 1.54) is 42.4 Å². The summed E-state index contributed by atoms with van der Waals surface area (Å²) in [6, 6.07) is 4.41. The molecule has 0 bridgehead atoms. The fraction of sp³-hybridized carbons (Fsp3) is 0.278. The molecule has 3 aromatic rings. The van der Waals surface area contributed by atoms with E-state index in [1.54, 1.807) is 6.92 Å². The zero-order chi connectivity index (χ0) is 20.9. The molecule has 1 atom stereocenters. The van der Waals surface area contributed by atoms with Gasteiger partial charge in [0.15, 0.2) is 22.2 Å². The van der Waals surface area contributed by atoms with Crippen LogP contribution < -0.4 is 19.9 Å². The fourth-order valence-electron chi connectivity index (χ4n) is 3.11. The molecule has 0 saturated carbocycles. The van der Waals surface area contributed by atoms with Crippen molar-refractivity contribution in [3.05, 3.63) is 46.0 Å². The maximum absolute atomic E-state index is 13.3. The number of alkyl halides is 2. The van der Waals surface area contributed by atoms with Crippen LogP contribution in [0.2, 0.25) is 5.15 Å². The van der Waals surface area contributed by atoms with Gasteiger partial charge < -0.3 is 18.8 Å². The highest BCUT2D eigenvalue weighted by atomic mass is 35.5. The predicted octanol–water partition coefficient (Wildman–Crippen LogP) is 3.58. The van der Waals surface area contributed by atoms with Crippen LogP contribution in [0.4, 0.5) is 14.5 Å². The van der Waals surface area contributed by atoms with Crippen molar-refractivity contribution in [2.45, 2.75) is 26.2 Å². The number of hydrogen-bond acceptors (Lipinski definition) is 6. The van der Waals surface area contributed by atoms with E-state index in [1.807, 2.05) is 0 Å². The number of amides is 1.